The van der Waals surface area contributed by atoms with E-state index in [-0.39, 0.29) is 18.4 Å². The normalized spacial score (nSPS) is 30.4. The Labute approximate surface area is 117 Å². The van der Waals surface area contributed by atoms with Crippen LogP contribution in [0.2, 0.25) is 0 Å². The van der Waals surface area contributed by atoms with E-state index in [1.54, 1.807) is 0 Å². The van der Waals surface area contributed by atoms with Gasteiger partial charge in [0.15, 0.2) is 0 Å². The maximum absolute atomic E-state index is 12.2. The lowest BCUT2D eigenvalue weighted by atomic mass is 9.83. The average molecular weight is 272 g/mol. The van der Waals surface area contributed by atoms with E-state index in [0.29, 0.717) is 0 Å². The summed E-state index contributed by atoms with van der Waals surface area (Å²) in [6.45, 7) is 0.198. The lowest BCUT2D eigenvalue weighted by Gasteiger charge is -2.23. The minimum absolute atomic E-state index is 0.0179. The van der Waals surface area contributed by atoms with Gasteiger partial charge in [-0.15, -0.1) is 0 Å². The van der Waals surface area contributed by atoms with Crippen molar-refractivity contribution in [3.05, 3.63) is 48.0 Å². The van der Waals surface area contributed by atoms with Crippen LogP contribution < -0.4 is 0 Å². The molecule has 4 heteroatoms. The smallest absolute Gasteiger partial charge is 0.310 e. The van der Waals surface area contributed by atoms with Crippen LogP contribution in [0.25, 0.3) is 0 Å². The number of allylic oxidation sites excluding steroid dienone is 2. The number of carbonyl (C=O) groups excluding carboxylic acids is 1. The fraction of sp³-hybridized carbons (Fsp3) is 0.375. The predicted molar refractivity (Wildman–Crippen MR) is 71.6 cm³/mol. The second-order valence-electron chi connectivity index (χ2n) is 5.43. The fourth-order valence-corrected chi connectivity index (χ4v) is 3.31. The highest BCUT2D eigenvalue weighted by Gasteiger charge is 2.52. The Kier molecular flexibility index (Phi) is 3.30. The molecule has 1 aromatic carbocycles. The van der Waals surface area contributed by atoms with E-state index < -0.39 is 23.8 Å². The monoisotopic (exact) mass is 272 g/mol. The van der Waals surface area contributed by atoms with Crippen LogP contribution in [0.4, 0.5) is 0 Å². The van der Waals surface area contributed by atoms with E-state index in [4.69, 9.17) is 4.74 Å². The first-order valence-corrected chi connectivity index (χ1v) is 6.78. The van der Waals surface area contributed by atoms with Crippen molar-refractivity contribution in [1.82, 2.24) is 0 Å². The second-order valence-corrected chi connectivity index (χ2v) is 5.43. The Balaban J connectivity index is 1.68. The Bertz CT molecular complexity index is 549. The molecule has 4 nitrogen and oxygen atoms in total. The molecule has 1 N–H and O–H groups in total. The maximum Gasteiger partial charge on any atom is 0.310 e. The fourth-order valence-electron chi connectivity index (χ4n) is 3.31. The van der Waals surface area contributed by atoms with E-state index in [0.717, 1.165) is 12.0 Å². The van der Waals surface area contributed by atoms with Crippen LogP contribution in [0.5, 0.6) is 0 Å². The molecule has 1 saturated carbocycles. The Morgan fingerprint density at radius 2 is 1.75 bits per heavy atom. The molecule has 1 aromatic rings. The topological polar surface area (TPSA) is 63.6 Å². The third-order valence-corrected chi connectivity index (χ3v) is 4.24. The van der Waals surface area contributed by atoms with Gasteiger partial charge < -0.3 is 9.84 Å². The van der Waals surface area contributed by atoms with E-state index in [2.05, 4.69) is 0 Å². The number of carboxylic acids is 1. The molecule has 104 valence electrons. The zero-order chi connectivity index (χ0) is 14.1. The van der Waals surface area contributed by atoms with Gasteiger partial charge in [-0.05, 0) is 23.8 Å². The quantitative estimate of drug-likeness (QED) is 0.674. The largest absolute Gasteiger partial charge is 0.481 e. The summed E-state index contributed by atoms with van der Waals surface area (Å²) in [4.78, 5) is 23.5. The molecule has 0 radical (unpaired) electrons. The van der Waals surface area contributed by atoms with Gasteiger partial charge in [0.25, 0.3) is 0 Å². The van der Waals surface area contributed by atoms with Crippen molar-refractivity contribution in [2.45, 2.75) is 13.0 Å². The van der Waals surface area contributed by atoms with Crippen molar-refractivity contribution in [2.24, 2.45) is 23.7 Å². The van der Waals surface area contributed by atoms with Gasteiger partial charge in [-0.1, -0.05) is 42.5 Å². The number of aliphatic carboxylic acids is 1. The average Bonchev–Trinajstić information content (AvgIpc) is 3.06. The number of rotatable bonds is 4. The van der Waals surface area contributed by atoms with Crippen molar-refractivity contribution < 1.29 is 19.4 Å². The summed E-state index contributed by atoms with van der Waals surface area (Å²) in [5, 5.41) is 9.30. The SMILES string of the molecule is O=C(OCc1ccccc1)[C@@H]1[C@@H](C(=O)O)[C@H]2C=C[C@@H]1C2. The number of esters is 1. The van der Waals surface area contributed by atoms with Gasteiger partial charge in [-0.25, -0.2) is 0 Å². The lowest BCUT2D eigenvalue weighted by molar-refractivity contribution is -0.159. The molecular formula is C16H16O4. The first kappa shape index (κ1) is 12.9. The highest BCUT2D eigenvalue weighted by Crippen LogP contribution is 2.48. The Hall–Kier alpha value is -2.10. The number of hydrogen-bond acceptors (Lipinski definition) is 3. The summed E-state index contributed by atoms with van der Waals surface area (Å²) < 4.78 is 5.31. The van der Waals surface area contributed by atoms with Crippen LogP contribution in [0.1, 0.15) is 12.0 Å². The highest BCUT2D eigenvalue weighted by atomic mass is 16.5. The van der Waals surface area contributed by atoms with Gasteiger partial charge in [0, 0.05) is 0 Å². The minimum Gasteiger partial charge on any atom is -0.481 e. The third kappa shape index (κ3) is 2.22. The first-order chi connectivity index (χ1) is 9.66. The van der Waals surface area contributed by atoms with Gasteiger partial charge in [0.1, 0.15) is 6.61 Å². The zero-order valence-corrected chi connectivity index (χ0v) is 10.9. The highest BCUT2D eigenvalue weighted by molar-refractivity contribution is 5.83. The van der Waals surface area contributed by atoms with Crippen LogP contribution in [0.3, 0.4) is 0 Å². The number of hydrogen-bond donors (Lipinski definition) is 1. The number of ether oxygens (including phenoxy) is 1. The standard InChI is InChI=1S/C16H16O4/c17-15(18)13-11-6-7-12(8-11)14(13)16(19)20-9-10-4-2-1-3-5-10/h1-7,11-14H,8-9H2,(H,17,18)/t11-,12+,13-,14-/m0/s1. The van der Waals surface area contributed by atoms with E-state index in [9.17, 15) is 14.7 Å². The summed E-state index contributed by atoms with van der Waals surface area (Å²) in [5.74, 6) is -2.46. The van der Waals surface area contributed by atoms with Crippen LogP contribution in [-0.4, -0.2) is 17.0 Å². The summed E-state index contributed by atoms with van der Waals surface area (Å²) in [6, 6.07) is 9.41. The van der Waals surface area contributed by atoms with Gasteiger partial charge in [-0.2, -0.15) is 0 Å². The van der Waals surface area contributed by atoms with Gasteiger partial charge >= 0.3 is 11.9 Å². The first-order valence-electron chi connectivity index (χ1n) is 6.78. The minimum atomic E-state index is -0.900. The van der Waals surface area contributed by atoms with Crippen molar-refractivity contribution in [3.8, 4) is 0 Å². The van der Waals surface area contributed by atoms with E-state index in [1.807, 2.05) is 42.5 Å². The third-order valence-electron chi connectivity index (χ3n) is 4.24. The number of benzene rings is 1. The molecule has 0 spiro atoms. The molecule has 4 atom stereocenters. The second kappa shape index (κ2) is 5.12. The zero-order valence-electron chi connectivity index (χ0n) is 10.9. The number of fused-ring (bicyclic) bond motifs is 2. The summed E-state index contributed by atoms with van der Waals surface area (Å²) in [7, 11) is 0. The molecule has 0 aromatic heterocycles. The number of carbonyl (C=O) groups is 2. The lowest BCUT2D eigenvalue weighted by Crippen LogP contribution is -2.34. The molecule has 2 bridgehead atoms. The van der Waals surface area contributed by atoms with Gasteiger partial charge in [0.05, 0.1) is 11.8 Å². The maximum atomic E-state index is 12.2. The molecule has 0 aliphatic heterocycles. The molecule has 2 aliphatic rings. The molecule has 20 heavy (non-hydrogen) atoms. The van der Waals surface area contributed by atoms with E-state index in [1.165, 1.54) is 0 Å². The summed E-state index contributed by atoms with van der Waals surface area (Å²) in [6.07, 6.45) is 4.63. The van der Waals surface area contributed by atoms with Crippen molar-refractivity contribution in [2.75, 3.05) is 0 Å². The Morgan fingerprint density at radius 1 is 1.10 bits per heavy atom. The van der Waals surface area contributed by atoms with Gasteiger partial charge in [-0.3, -0.25) is 9.59 Å². The van der Waals surface area contributed by atoms with Crippen molar-refractivity contribution in [1.29, 1.82) is 0 Å². The summed E-state index contributed by atoms with van der Waals surface area (Å²) in [5.41, 5.74) is 0.909. The molecule has 3 rings (SSSR count). The van der Waals surface area contributed by atoms with Crippen LogP contribution in [0, 0.1) is 23.7 Å². The van der Waals surface area contributed by atoms with Gasteiger partial charge in [0.2, 0.25) is 0 Å². The summed E-state index contributed by atoms with van der Waals surface area (Å²) >= 11 is 0. The van der Waals surface area contributed by atoms with Crippen molar-refractivity contribution >= 4 is 11.9 Å². The Morgan fingerprint density at radius 3 is 2.40 bits per heavy atom. The molecular weight excluding hydrogens is 256 g/mol. The molecule has 1 fully saturated rings. The molecule has 0 saturated heterocycles. The molecule has 2 aliphatic carbocycles. The molecule has 0 unspecified atom stereocenters. The predicted octanol–water partition coefficient (Wildman–Crippen LogP) is 2.25. The molecule has 0 heterocycles. The number of carboxylic acid groups (broad SMARTS) is 1. The van der Waals surface area contributed by atoms with Crippen LogP contribution >= 0.6 is 0 Å². The van der Waals surface area contributed by atoms with Crippen molar-refractivity contribution in [3.63, 3.8) is 0 Å². The van der Waals surface area contributed by atoms with Crippen LogP contribution in [0.15, 0.2) is 42.5 Å². The van der Waals surface area contributed by atoms with Crippen LogP contribution in [-0.2, 0) is 20.9 Å². The molecule has 0 amide bonds. The van der Waals surface area contributed by atoms with E-state index >= 15 is 0 Å².